The second-order valence-electron chi connectivity index (χ2n) is 25.9. The first kappa shape index (κ1) is 77.0. The molecule has 1 atom stereocenters. The van der Waals surface area contributed by atoms with Gasteiger partial charge in [0.25, 0.3) is 17.7 Å². The molecule has 0 bridgehead atoms. The van der Waals surface area contributed by atoms with Gasteiger partial charge < -0.3 is 36.9 Å². The van der Waals surface area contributed by atoms with E-state index in [1.165, 1.54) is 29.4 Å². The molecular weight excluding hydrogens is 1410 g/mol. The summed E-state index contributed by atoms with van der Waals surface area (Å²) in [6, 6.07) is 32.6. The van der Waals surface area contributed by atoms with Crippen LogP contribution in [0.5, 0.6) is 0 Å². The highest BCUT2D eigenvalue weighted by atomic mass is 35.5. The van der Waals surface area contributed by atoms with Crippen molar-refractivity contribution in [3.8, 4) is 41.2 Å². The van der Waals surface area contributed by atoms with Crippen molar-refractivity contribution in [3.05, 3.63) is 284 Å². The van der Waals surface area contributed by atoms with Gasteiger partial charge in [0, 0.05) is 180 Å². The van der Waals surface area contributed by atoms with Crippen LogP contribution in [0.4, 0.5) is 49.2 Å². The molecule has 0 spiro atoms. The lowest BCUT2D eigenvalue weighted by Gasteiger charge is -2.37. The molecule has 0 unspecified atom stereocenters. The molecule has 13 rings (SSSR count). The third-order valence-electron chi connectivity index (χ3n) is 17.7. The smallest absolute Gasteiger partial charge is 0.369 e. The van der Waals surface area contributed by atoms with Gasteiger partial charge in [-0.05, 0) is 160 Å². The SMILES string of the molecule is Cc1ccc(C(=O)Nc2cc(-n3ccnc3)cc(C(F)(F)F)c2)cc1C#Cc1cnc(CN)nc1.Cc1ccc(C(=O)Nc2cc(C(F)(F)F)ccn2)cc1C#Cc1cncc(N2CC[C@H](N)C2)c1.Cc1ccc(C(=O)Nc2ccc(CN3CCN(C(C)C)CC3)c(Cl)c2)cc1C#Cc1cncc2cccnc12. The number of amides is 3. The Balaban J connectivity index is 0.000000162. The van der Waals surface area contributed by atoms with Gasteiger partial charge in [0.05, 0.1) is 52.5 Å². The zero-order chi connectivity index (χ0) is 76.7. The number of aromatic nitrogens is 8. The fourth-order valence-electron chi connectivity index (χ4n) is 11.5. The number of anilines is 4. The van der Waals surface area contributed by atoms with Crippen LogP contribution in [0.3, 0.4) is 0 Å². The first-order valence-electron chi connectivity index (χ1n) is 34.2. The number of halogens is 7. The average molecular weight is 1480 g/mol. The predicted octanol–water partition coefficient (Wildman–Crippen LogP) is 13.9. The van der Waals surface area contributed by atoms with Crippen LogP contribution < -0.4 is 32.3 Å². The molecule has 5 aromatic carbocycles. The Morgan fingerprint density at radius 2 is 1.18 bits per heavy atom. The first-order valence-corrected chi connectivity index (χ1v) is 34.6. The third-order valence-corrected chi connectivity index (χ3v) is 18.1. The Kier molecular flexibility index (Phi) is 24.8. The summed E-state index contributed by atoms with van der Waals surface area (Å²) in [7, 11) is 0. The number of piperazine rings is 1. The predicted molar refractivity (Wildman–Crippen MR) is 405 cm³/mol. The van der Waals surface area contributed by atoms with E-state index in [1.54, 1.807) is 79.8 Å². The Bertz CT molecular complexity index is 5300. The van der Waals surface area contributed by atoms with Gasteiger partial charge in [0.1, 0.15) is 11.6 Å². The molecule has 26 heteroatoms. The number of imidazole rings is 1. The van der Waals surface area contributed by atoms with Crippen molar-refractivity contribution in [2.24, 2.45) is 11.5 Å². The highest BCUT2D eigenvalue weighted by Gasteiger charge is 2.33. The molecule has 2 aliphatic heterocycles. The number of nitrogens with zero attached hydrogens (tertiary/aromatic N) is 11. The van der Waals surface area contributed by atoms with Crippen molar-refractivity contribution in [2.45, 2.75) is 78.6 Å². The number of carbonyl (C=O) groups is 3. The van der Waals surface area contributed by atoms with Crippen LogP contribution in [0.2, 0.25) is 5.02 Å². The van der Waals surface area contributed by atoms with Crippen molar-refractivity contribution in [1.29, 1.82) is 0 Å². The normalized spacial score (nSPS) is 13.6. The van der Waals surface area contributed by atoms with Crippen molar-refractivity contribution >= 4 is 63.1 Å². The Morgan fingerprint density at radius 3 is 1.77 bits per heavy atom. The molecule has 11 aromatic rings. The van der Waals surface area contributed by atoms with E-state index in [4.69, 9.17) is 23.1 Å². The van der Waals surface area contributed by atoms with Gasteiger partial charge in [-0.3, -0.25) is 39.1 Å². The number of hydrogen-bond acceptors (Lipinski definition) is 15. The van der Waals surface area contributed by atoms with E-state index in [0.717, 1.165) is 138 Å². The minimum atomic E-state index is -4.59. The number of benzene rings is 5. The maximum Gasteiger partial charge on any atom is 0.416 e. The van der Waals surface area contributed by atoms with Crippen LogP contribution in [0.15, 0.2) is 190 Å². The molecule has 3 amide bonds. The Hall–Kier alpha value is -12.2. The minimum Gasteiger partial charge on any atom is -0.369 e. The standard InChI is InChI=1S/C32H32ClN5O.C25H19F3N6O.C25H22F3N5O/c1-22(2)38-15-13-37(14-16-38)21-28-10-11-29(18-30(28)33)36-32(39)25-7-6-23(3)24(17-25)8-9-27-20-34-19-26-5-4-12-35-31(26)27;1-16-2-4-19(8-18(16)5-3-17-13-31-23(12-29)32-14-17)24(35)33-21-9-20(25(26,27)28)10-22(11-21)34-7-6-30-15-34;1-16-2-4-19(24(34)32-23-12-20(6-8-31-23)25(26,27)28)11-18(16)5-3-17-10-22(14-30-13-17)33-9-7-21(29)15-33/h4-7,10-12,17-20,22H,13-16,21H2,1-3H3,(H,36,39);2,4,6-11,13-15H,12,29H2,1H3,(H,33,35);2,4,6,8,10-14,21H,7,9,15,29H2,1H3,(H,31,32,34)/t;;21-/m..0/s1. The average Bonchev–Trinajstić information content (AvgIpc) is 1.59. The molecule has 0 aliphatic carbocycles. The van der Waals surface area contributed by atoms with Crippen molar-refractivity contribution in [2.75, 3.05) is 60.1 Å². The second-order valence-corrected chi connectivity index (χ2v) is 26.3. The summed E-state index contributed by atoms with van der Waals surface area (Å²) >= 11 is 6.63. The van der Waals surface area contributed by atoms with Crippen LogP contribution >= 0.6 is 11.6 Å². The van der Waals surface area contributed by atoms with E-state index in [9.17, 15) is 40.7 Å². The number of carbonyl (C=O) groups excluding carboxylic acids is 3. The largest absolute Gasteiger partial charge is 0.416 e. The number of nitrogens with one attached hydrogen (secondary N) is 3. The number of hydrogen-bond donors (Lipinski definition) is 5. The van der Waals surface area contributed by atoms with Gasteiger partial charge >= 0.3 is 12.4 Å². The van der Waals surface area contributed by atoms with Gasteiger partial charge in [-0.2, -0.15) is 26.3 Å². The molecule has 6 aromatic heterocycles. The molecule has 0 saturated carbocycles. The van der Waals surface area contributed by atoms with Crippen LogP contribution in [0, 0.1) is 56.3 Å². The van der Waals surface area contributed by atoms with Crippen LogP contribution in [-0.4, -0.2) is 118 Å². The zero-order valence-electron chi connectivity index (χ0n) is 59.4. The summed E-state index contributed by atoms with van der Waals surface area (Å²) in [4.78, 5) is 74.5. The molecule has 2 saturated heterocycles. The van der Waals surface area contributed by atoms with E-state index < -0.39 is 35.3 Å². The molecule has 548 valence electrons. The highest BCUT2D eigenvalue weighted by Crippen LogP contribution is 2.34. The third kappa shape index (κ3) is 20.7. The summed E-state index contributed by atoms with van der Waals surface area (Å²) in [5.74, 6) is 17.4. The molecule has 19 nitrogen and oxygen atoms in total. The number of pyridine rings is 4. The maximum absolute atomic E-state index is 13.4. The molecule has 2 aliphatic rings. The van der Waals surface area contributed by atoms with Gasteiger partial charge in [-0.1, -0.05) is 71.4 Å². The second kappa shape index (κ2) is 34.8. The summed E-state index contributed by atoms with van der Waals surface area (Å²) in [5, 5.41) is 9.54. The number of alkyl halides is 6. The van der Waals surface area contributed by atoms with Gasteiger partial charge in [0.2, 0.25) is 0 Å². The number of fused-ring (bicyclic) bond motifs is 1. The van der Waals surface area contributed by atoms with Gasteiger partial charge in [-0.25, -0.2) is 19.9 Å². The highest BCUT2D eigenvalue weighted by molar-refractivity contribution is 6.31. The number of rotatable bonds is 12. The maximum atomic E-state index is 13.4. The lowest BCUT2D eigenvalue weighted by Crippen LogP contribution is -2.48. The molecular formula is C82H73ClF6N16O3. The van der Waals surface area contributed by atoms with Crippen molar-refractivity contribution < 1.29 is 40.7 Å². The molecule has 0 radical (unpaired) electrons. The molecule has 8 heterocycles. The lowest BCUT2D eigenvalue weighted by atomic mass is 10.0. The van der Waals surface area contributed by atoms with Crippen LogP contribution in [0.25, 0.3) is 16.6 Å². The Labute approximate surface area is 625 Å². The summed E-state index contributed by atoms with van der Waals surface area (Å²) < 4.78 is 80.5. The van der Waals surface area contributed by atoms with Crippen molar-refractivity contribution in [1.82, 2.24) is 49.3 Å². The van der Waals surface area contributed by atoms with Gasteiger partial charge in [0.15, 0.2) is 0 Å². The lowest BCUT2D eigenvalue weighted by molar-refractivity contribution is -0.138. The Morgan fingerprint density at radius 1 is 0.565 bits per heavy atom. The summed E-state index contributed by atoms with van der Waals surface area (Å²) in [6.07, 6.45) is 8.95. The van der Waals surface area contributed by atoms with E-state index in [1.807, 2.05) is 75.4 Å². The van der Waals surface area contributed by atoms with Crippen LogP contribution in [0.1, 0.15) is 124 Å². The quantitative estimate of drug-likeness (QED) is 0.0564. The topological polar surface area (TPSA) is 244 Å². The van der Waals surface area contributed by atoms with E-state index in [2.05, 4.69) is 115 Å². The number of nitrogens with two attached hydrogens (primary N) is 2. The zero-order valence-corrected chi connectivity index (χ0v) is 60.1. The first-order chi connectivity index (χ1) is 51.8. The molecule has 108 heavy (non-hydrogen) atoms. The number of aryl methyl sites for hydroxylation is 3. The minimum absolute atomic E-state index is 0.00104. The fourth-order valence-corrected chi connectivity index (χ4v) is 11.8. The van der Waals surface area contributed by atoms with Gasteiger partial charge in [-0.15, -0.1) is 0 Å². The van der Waals surface area contributed by atoms with Crippen molar-refractivity contribution in [3.63, 3.8) is 0 Å². The fraction of sp³-hybridized carbons (Fsp3) is 0.220. The monoisotopic (exact) mass is 1480 g/mol. The van der Waals surface area contributed by atoms with E-state index in [0.29, 0.717) is 44.8 Å². The summed E-state index contributed by atoms with van der Waals surface area (Å²) in [5.41, 5.74) is 21.2. The molecule has 7 N–H and O–H groups in total. The van der Waals surface area contributed by atoms with E-state index >= 15 is 0 Å². The van der Waals surface area contributed by atoms with Crippen LogP contribution in [-0.2, 0) is 25.4 Å². The summed E-state index contributed by atoms with van der Waals surface area (Å²) in [6.45, 7) is 17.0. The molecule has 2 fully saturated rings. The van der Waals surface area contributed by atoms with E-state index in [-0.39, 0.29) is 46.8 Å².